The maximum atomic E-state index is 12.4. The summed E-state index contributed by atoms with van der Waals surface area (Å²) in [5, 5.41) is 5.18. The van der Waals surface area contributed by atoms with Crippen LogP contribution in [-0.4, -0.2) is 28.0 Å². The maximum absolute atomic E-state index is 12.4. The van der Waals surface area contributed by atoms with E-state index in [0.29, 0.717) is 27.8 Å². The quantitative estimate of drug-likeness (QED) is 0.797. The Morgan fingerprint density at radius 2 is 2.17 bits per heavy atom. The molecule has 0 bridgehead atoms. The zero-order valence-corrected chi connectivity index (χ0v) is 13.4. The zero-order chi connectivity index (χ0) is 16.2. The first kappa shape index (κ1) is 15.1. The lowest BCUT2D eigenvalue weighted by molar-refractivity contribution is 0.102. The van der Waals surface area contributed by atoms with Crippen molar-refractivity contribution in [1.82, 2.24) is 15.0 Å². The molecule has 3 rings (SSSR count). The van der Waals surface area contributed by atoms with Crippen LogP contribution in [0.2, 0.25) is 0 Å². The number of benzene rings is 1. The minimum atomic E-state index is -0.291. The highest BCUT2D eigenvalue weighted by atomic mass is 32.1. The molecule has 1 aromatic carbocycles. The van der Waals surface area contributed by atoms with Crippen LogP contribution in [0.1, 0.15) is 16.1 Å². The number of methoxy groups -OCH3 is 1. The van der Waals surface area contributed by atoms with Gasteiger partial charge in [0.05, 0.1) is 19.0 Å². The van der Waals surface area contributed by atoms with Gasteiger partial charge in [-0.05, 0) is 24.6 Å². The van der Waals surface area contributed by atoms with Crippen molar-refractivity contribution in [3.8, 4) is 16.5 Å². The molecule has 23 heavy (non-hydrogen) atoms. The van der Waals surface area contributed by atoms with Crippen LogP contribution in [0.3, 0.4) is 0 Å². The highest BCUT2D eigenvalue weighted by molar-refractivity contribution is 7.13. The number of carbonyl (C=O) groups is 1. The third-order valence-corrected chi connectivity index (χ3v) is 3.99. The molecule has 3 aromatic rings. The van der Waals surface area contributed by atoms with Gasteiger partial charge in [-0.1, -0.05) is 6.07 Å². The fourth-order valence-corrected chi connectivity index (χ4v) is 2.77. The van der Waals surface area contributed by atoms with E-state index < -0.39 is 0 Å². The standard InChI is InChI=1S/C16H14N4O2S/c1-10-3-4-14(22-2)11(7-10)19-15(21)13-9-23-16(20-13)12-8-17-5-6-18-12/h3-9H,1-2H3,(H,19,21). The number of anilines is 1. The highest BCUT2D eigenvalue weighted by Crippen LogP contribution is 2.26. The number of amides is 1. The number of hydrogen-bond acceptors (Lipinski definition) is 6. The number of nitrogens with zero attached hydrogens (tertiary/aromatic N) is 3. The SMILES string of the molecule is COc1ccc(C)cc1NC(=O)c1csc(-c2cnccn2)n1. The first-order chi connectivity index (χ1) is 11.2. The van der Waals surface area contributed by atoms with Gasteiger partial charge in [-0.2, -0.15) is 0 Å². The molecule has 7 heteroatoms. The number of aryl methyl sites for hydroxylation is 1. The number of aromatic nitrogens is 3. The number of rotatable bonds is 4. The van der Waals surface area contributed by atoms with Crippen molar-refractivity contribution in [1.29, 1.82) is 0 Å². The summed E-state index contributed by atoms with van der Waals surface area (Å²) in [5.41, 5.74) is 2.62. The van der Waals surface area contributed by atoms with Crippen LogP contribution in [-0.2, 0) is 0 Å². The van der Waals surface area contributed by atoms with Crippen LogP contribution >= 0.6 is 11.3 Å². The zero-order valence-electron chi connectivity index (χ0n) is 12.6. The first-order valence-electron chi connectivity index (χ1n) is 6.85. The van der Waals surface area contributed by atoms with E-state index in [1.807, 2.05) is 25.1 Å². The third kappa shape index (κ3) is 3.35. The summed E-state index contributed by atoms with van der Waals surface area (Å²) in [6.07, 6.45) is 4.80. The normalized spacial score (nSPS) is 10.3. The van der Waals surface area contributed by atoms with E-state index in [9.17, 15) is 4.79 Å². The molecule has 0 saturated carbocycles. The Bertz CT molecular complexity index is 833. The molecule has 0 aliphatic carbocycles. The predicted octanol–water partition coefficient (Wildman–Crippen LogP) is 3.17. The van der Waals surface area contributed by atoms with Gasteiger partial charge in [0.25, 0.3) is 5.91 Å². The summed E-state index contributed by atoms with van der Waals surface area (Å²) in [4.78, 5) is 24.9. The number of thiazole rings is 1. The molecule has 6 nitrogen and oxygen atoms in total. The third-order valence-electron chi connectivity index (χ3n) is 3.12. The number of carbonyl (C=O) groups excluding carboxylic acids is 1. The van der Waals surface area contributed by atoms with Crippen molar-refractivity contribution >= 4 is 22.9 Å². The second-order valence-electron chi connectivity index (χ2n) is 4.79. The van der Waals surface area contributed by atoms with Gasteiger partial charge in [0.2, 0.25) is 0 Å². The molecule has 0 saturated heterocycles. The Morgan fingerprint density at radius 1 is 1.30 bits per heavy atom. The first-order valence-corrected chi connectivity index (χ1v) is 7.73. The largest absolute Gasteiger partial charge is 0.495 e. The van der Waals surface area contributed by atoms with Gasteiger partial charge in [-0.3, -0.25) is 14.8 Å². The van der Waals surface area contributed by atoms with Gasteiger partial charge in [-0.25, -0.2) is 4.98 Å². The molecule has 116 valence electrons. The number of ether oxygens (including phenoxy) is 1. The molecular formula is C16H14N4O2S. The summed E-state index contributed by atoms with van der Waals surface area (Å²) >= 11 is 1.35. The van der Waals surface area contributed by atoms with Crippen LogP contribution < -0.4 is 10.1 Å². The van der Waals surface area contributed by atoms with E-state index in [2.05, 4.69) is 20.3 Å². The molecule has 0 aliphatic heterocycles. The summed E-state index contributed by atoms with van der Waals surface area (Å²) in [5.74, 6) is 0.314. The van der Waals surface area contributed by atoms with Gasteiger partial charge in [0.1, 0.15) is 22.1 Å². The van der Waals surface area contributed by atoms with Crippen molar-refractivity contribution in [2.45, 2.75) is 6.92 Å². The highest BCUT2D eigenvalue weighted by Gasteiger charge is 2.14. The average Bonchev–Trinajstić information content (AvgIpc) is 3.06. The lowest BCUT2D eigenvalue weighted by atomic mass is 10.2. The molecule has 0 unspecified atom stereocenters. The van der Waals surface area contributed by atoms with Crippen LogP contribution in [0.25, 0.3) is 10.7 Å². The number of hydrogen-bond donors (Lipinski definition) is 1. The van der Waals surface area contributed by atoms with E-state index in [-0.39, 0.29) is 5.91 Å². The molecule has 0 fully saturated rings. The Morgan fingerprint density at radius 3 is 2.91 bits per heavy atom. The fraction of sp³-hybridized carbons (Fsp3) is 0.125. The summed E-state index contributed by atoms with van der Waals surface area (Å²) in [6, 6.07) is 5.59. The van der Waals surface area contributed by atoms with Crippen molar-refractivity contribution < 1.29 is 9.53 Å². The van der Waals surface area contributed by atoms with Gasteiger partial charge in [0.15, 0.2) is 0 Å². The van der Waals surface area contributed by atoms with Crippen LogP contribution in [0.4, 0.5) is 5.69 Å². The van der Waals surface area contributed by atoms with Crippen LogP contribution in [0, 0.1) is 6.92 Å². The Kier molecular flexibility index (Phi) is 4.29. The predicted molar refractivity (Wildman–Crippen MR) is 88.8 cm³/mol. The molecule has 0 radical (unpaired) electrons. The van der Waals surface area contributed by atoms with Crippen molar-refractivity contribution in [3.63, 3.8) is 0 Å². The van der Waals surface area contributed by atoms with E-state index in [0.717, 1.165) is 5.56 Å². The fourth-order valence-electron chi connectivity index (χ4n) is 2.01. The smallest absolute Gasteiger partial charge is 0.275 e. The van der Waals surface area contributed by atoms with Gasteiger partial charge >= 0.3 is 0 Å². The maximum Gasteiger partial charge on any atom is 0.275 e. The van der Waals surface area contributed by atoms with E-state index in [4.69, 9.17) is 4.74 Å². The molecule has 0 atom stereocenters. The average molecular weight is 326 g/mol. The summed E-state index contributed by atoms with van der Waals surface area (Å²) in [7, 11) is 1.56. The van der Waals surface area contributed by atoms with E-state index in [1.54, 1.807) is 31.1 Å². The molecule has 0 spiro atoms. The minimum absolute atomic E-state index is 0.291. The molecule has 2 heterocycles. The molecule has 1 amide bonds. The Labute approximate surface area is 137 Å². The molecular weight excluding hydrogens is 312 g/mol. The monoisotopic (exact) mass is 326 g/mol. The topological polar surface area (TPSA) is 77.0 Å². The second-order valence-corrected chi connectivity index (χ2v) is 5.64. The number of nitrogens with one attached hydrogen (secondary N) is 1. The van der Waals surface area contributed by atoms with Crippen molar-refractivity contribution in [2.75, 3.05) is 12.4 Å². The van der Waals surface area contributed by atoms with E-state index >= 15 is 0 Å². The van der Waals surface area contributed by atoms with Crippen molar-refractivity contribution in [2.24, 2.45) is 0 Å². The van der Waals surface area contributed by atoms with Gasteiger partial charge < -0.3 is 10.1 Å². The molecule has 1 N–H and O–H groups in total. The van der Waals surface area contributed by atoms with Crippen LogP contribution in [0.5, 0.6) is 5.75 Å². The Hall–Kier alpha value is -2.80. The van der Waals surface area contributed by atoms with E-state index in [1.165, 1.54) is 11.3 Å². The lowest BCUT2D eigenvalue weighted by Gasteiger charge is -2.10. The second kappa shape index (κ2) is 6.53. The van der Waals surface area contributed by atoms with Crippen molar-refractivity contribution in [3.05, 3.63) is 53.4 Å². The van der Waals surface area contributed by atoms with Crippen LogP contribution in [0.15, 0.2) is 42.2 Å². The summed E-state index contributed by atoms with van der Waals surface area (Å²) < 4.78 is 5.26. The van der Waals surface area contributed by atoms with Gasteiger partial charge in [-0.15, -0.1) is 11.3 Å². The lowest BCUT2D eigenvalue weighted by Crippen LogP contribution is -2.13. The Balaban J connectivity index is 1.82. The van der Waals surface area contributed by atoms with Gasteiger partial charge in [0, 0.05) is 17.8 Å². The molecule has 2 aromatic heterocycles. The summed E-state index contributed by atoms with van der Waals surface area (Å²) in [6.45, 7) is 1.95. The molecule has 0 aliphatic rings. The minimum Gasteiger partial charge on any atom is -0.495 e.